The number of hydrogen-bond donors (Lipinski definition) is 0. The van der Waals surface area contributed by atoms with Gasteiger partial charge >= 0.3 is 0 Å². The van der Waals surface area contributed by atoms with E-state index < -0.39 is 0 Å². The van der Waals surface area contributed by atoms with E-state index in [9.17, 15) is 4.79 Å². The van der Waals surface area contributed by atoms with Crippen LogP contribution in [0.15, 0.2) is 24.3 Å². The summed E-state index contributed by atoms with van der Waals surface area (Å²) in [6.45, 7) is 4.30. The van der Waals surface area contributed by atoms with Crippen LogP contribution in [0.5, 0.6) is 0 Å². The van der Waals surface area contributed by atoms with Gasteiger partial charge in [-0.05, 0) is 24.5 Å². The number of benzene rings is 1. The van der Waals surface area contributed by atoms with Gasteiger partial charge in [0.1, 0.15) is 0 Å². The van der Waals surface area contributed by atoms with Crippen LogP contribution in [0.25, 0.3) is 0 Å². The van der Waals surface area contributed by atoms with E-state index in [-0.39, 0.29) is 0 Å². The van der Waals surface area contributed by atoms with Gasteiger partial charge in [0.2, 0.25) is 0 Å². The summed E-state index contributed by atoms with van der Waals surface area (Å²) in [5.41, 5.74) is 2.13. The van der Waals surface area contributed by atoms with Crippen molar-refractivity contribution in [1.29, 1.82) is 0 Å². The fraction of sp³-hybridized carbons (Fsp3) is 0.533. The molecule has 0 aliphatic rings. The van der Waals surface area contributed by atoms with Gasteiger partial charge in [0.05, 0.1) is 0 Å². The normalized spacial score (nSPS) is 10.4. The van der Waals surface area contributed by atoms with Gasteiger partial charge in [-0.2, -0.15) is 0 Å². The van der Waals surface area contributed by atoms with Crippen LogP contribution in [-0.4, -0.2) is 5.78 Å². The molecule has 1 nitrogen and oxygen atoms in total. The zero-order chi connectivity index (χ0) is 11.8. The summed E-state index contributed by atoms with van der Waals surface area (Å²) < 4.78 is 0. The monoisotopic (exact) mass is 218 g/mol. The van der Waals surface area contributed by atoms with Gasteiger partial charge in [0, 0.05) is 12.0 Å². The van der Waals surface area contributed by atoms with Crippen LogP contribution < -0.4 is 0 Å². The maximum atomic E-state index is 11.9. The molecule has 0 saturated carbocycles. The summed E-state index contributed by atoms with van der Waals surface area (Å²) in [6, 6.07) is 8.02. The summed E-state index contributed by atoms with van der Waals surface area (Å²) in [5.74, 6) is 0.298. The highest BCUT2D eigenvalue weighted by Crippen LogP contribution is 2.11. The van der Waals surface area contributed by atoms with Gasteiger partial charge in [0.25, 0.3) is 0 Å². The minimum Gasteiger partial charge on any atom is -0.294 e. The van der Waals surface area contributed by atoms with E-state index in [1.54, 1.807) is 0 Å². The lowest BCUT2D eigenvalue weighted by Crippen LogP contribution is -1.99. The number of Topliss-reactive ketones (excluding diaryl/α,β-unsaturated/α-hetero) is 1. The van der Waals surface area contributed by atoms with Gasteiger partial charge in [-0.25, -0.2) is 0 Å². The molecule has 0 fully saturated rings. The summed E-state index contributed by atoms with van der Waals surface area (Å²) in [4.78, 5) is 11.9. The first-order valence-electron chi connectivity index (χ1n) is 6.40. The number of aryl methyl sites for hydroxylation is 1. The molecule has 0 heterocycles. The molecule has 0 amide bonds. The smallest absolute Gasteiger partial charge is 0.162 e. The molecule has 0 atom stereocenters. The Morgan fingerprint density at radius 2 is 1.94 bits per heavy atom. The second kappa shape index (κ2) is 7.21. The van der Waals surface area contributed by atoms with Crippen LogP contribution in [0, 0.1) is 0 Å². The first kappa shape index (κ1) is 13.0. The van der Waals surface area contributed by atoms with Crippen molar-refractivity contribution >= 4 is 5.78 Å². The highest BCUT2D eigenvalue weighted by molar-refractivity contribution is 5.96. The molecule has 0 saturated heterocycles. The molecule has 0 aliphatic carbocycles. The van der Waals surface area contributed by atoms with Crippen LogP contribution in [-0.2, 0) is 6.42 Å². The Balaban J connectivity index is 2.46. The summed E-state index contributed by atoms with van der Waals surface area (Å²) in [7, 11) is 0. The zero-order valence-electron chi connectivity index (χ0n) is 10.5. The Labute approximate surface area is 98.9 Å². The fourth-order valence-electron chi connectivity index (χ4n) is 1.82. The van der Waals surface area contributed by atoms with Gasteiger partial charge in [-0.3, -0.25) is 4.79 Å². The third-order valence-electron chi connectivity index (χ3n) is 2.91. The van der Waals surface area contributed by atoms with Gasteiger partial charge < -0.3 is 0 Å². The number of hydrogen-bond acceptors (Lipinski definition) is 1. The first-order chi connectivity index (χ1) is 7.77. The second-order valence-corrected chi connectivity index (χ2v) is 4.29. The maximum Gasteiger partial charge on any atom is 0.162 e. The third kappa shape index (κ3) is 4.18. The Kier molecular flexibility index (Phi) is 5.84. The van der Waals surface area contributed by atoms with Crippen molar-refractivity contribution in [3.63, 3.8) is 0 Å². The lowest BCUT2D eigenvalue weighted by Gasteiger charge is -2.03. The van der Waals surface area contributed by atoms with Crippen molar-refractivity contribution in [3.05, 3.63) is 35.4 Å². The van der Waals surface area contributed by atoms with Crippen molar-refractivity contribution in [3.8, 4) is 0 Å². The molecule has 0 radical (unpaired) electrons. The van der Waals surface area contributed by atoms with Crippen LogP contribution in [0.1, 0.15) is 61.9 Å². The van der Waals surface area contributed by atoms with Gasteiger partial charge in [0.15, 0.2) is 5.78 Å². The highest BCUT2D eigenvalue weighted by atomic mass is 16.1. The average Bonchev–Trinajstić information content (AvgIpc) is 2.34. The van der Waals surface area contributed by atoms with Crippen molar-refractivity contribution in [2.24, 2.45) is 0 Å². The molecule has 1 heteroatoms. The van der Waals surface area contributed by atoms with E-state index in [1.807, 2.05) is 18.2 Å². The molecular formula is C15H22O. The number of ketones is 1. The van der Waals surface area contributed by atoms with E-state index >= 15 is 0 Å². The maximum absolute atomic E-state index is 11.9. The van der Waals surface area contributed by atoms with Crippen molar-refractivity contribution < 1.29 is 4.79 Å². The zero-order valence-corrected chi connectivity index (χ0v) is 10.5. The number of unbranched alkanes of at least 4 members (excludes halogenated alkanes) is 3. The SMILES string of the molecule is CCCCCCC(=O)c1cccc(CC)c1. The van der Waals surface area contributed by atoms with E-state index in [0.29, 0.717) is 12.2 Å². The fourth-order valence-corrected chi connectivity index (χ4v) is 1.82. The van der Waals surface area contributed by atoms with E-state index in [2.05, 4.69) is 19.9 Å². The molecule has 1 aromatic carbocycles. The lowest BCUT2D eigenvalue weighted by molar-refractivity contribution is 0.0979. The molecule has 0 unspecified atom stereocenters. The largest absolute Gasteiger partial charge is 0.294 e. The minimum absolute atomic E-state index is 0.298. The topological polar surface area (TPSA) is 17.1 Å². The molecule has 0 N–H and O–H groups in total. The van der Waals surface area contributed by atoms with Crippen LogP contribution in [0.4, 0.5) is 0 Å². The standard InChI is InChI=1S/C15H22O/c1-3-5-6-7-11-15(16)14-10-8-9-13(4-2)12-14/h8-10,12H,3-7,11H2,1-2H3. The van der Waals surface area contributed by atoms with Crippen LogP contribution in [0.2, 0.25) is 0 Å². The molecule has 0 aromatic heterocycles. The Bertz CT molecular complexity index is 328. The van der Waals surface area contributed by atoms with Crippen LogP contribution in [0.3, 0.4) is 0 Å². The molecule has 0 spiro atoms. The number of carbonyl (C=O) groups excluding carboxylic acids is 1. The predicted molar refractivity (Wildman–Crippen MR) is 68.9 cm³/mol. The van der Waals surface area contributed by atoms with Gasteiger partial charge in [-0.1, -0.05) is 51.3 Å². The molecule has 1 aromatic rings. The molecule has 88 valence electrons. The molecule has 0 aliphatic heterocycles. The van der Waals surface area contributed by atoms with Crippen molar-refractivity contribution in [2.45, 2.75) is 52.4 Å². The Morgan fingerprint density at radius 1 is 1.12 bits per heavy atom. The third-order valence-corrected chi connectivity index (χ3v) is 2.91. The first-order valence-corrected chi connectivity index (χ1v) is 6.40. The molecule has 16 heavy (non-hydrogen) atoms. The summed E-state index contributed by atoms with van der Waals surface area (Å²) in [6.07, 6.45) is 6.37. The van der Waals surface area contributed by atoms with Crippen molar-refractivity contribution in [2.75, 3.05) is 0 Å². The minimum atomic E-state index is 0.298. The molecule has 0 bridgehead atoms. The average molecular weight is 218 g/mol. The van der Waals surface area contributed by atoms with Crippen LogP contribution >= 0.6 is 0 Å². The Morgan fingerprint density at radius 3 is 2.62 bits per heavy atom. The second-order valence-electron chi connectivity index (χ2n) is 4.29. The van der Waals surface area contributed by atoms with E-state index in [0.717, 1.165) is 18.4 Å². The Hall–Kier alpha value is -1.11. The van der Waals surface area contributed by atoms with Gasteiger partial charge in [-0.15, -0.1) is 0 Å². The number of rotatable bonds is 7. The quantitative estimate of drug-likeness (QED) is 0.489. The highest BCUT2D eigenvalue weighted by Gasteiger charge is 2.05. The lowest BCUT2D eigenvalue weighted by atomic mass is 10.0. The summed E-state index contributed by atoms with van der Waals surface area (Å²) in [5, 5.41) is 0. The predicted octanol–water partition coefficient (Wildman–Crippen LogP) is 4.40. The van der Waals surface area contributed by atoms with Crippen molar-refractivity contribution in [1.82, 2.24) is 0 Å². The van der Waals surface area contributed by atoms with E-state index in [4.69, 9.17) is 0 Å². The van der Waals surface area contributed by atoms with E-state index in [1.165, 1.54) is 24.8 Å². The summed E-state index contributed by atoms with van der Waals surface area (Å²) >= 11 is 0. The molecule has 1 rings (SSSR count). The number of carbonyl (C=O) groups is 1. The molecular weight excluding hydrogens is 196 g/mol.